The van der Waals surface area contributed by atoms with Crippen molar-refractivity contribution in [3.63, 3.8) is 0 Å². The van der Waals surface area contributed by atoms with Gasteiger partial charge < -0.3 is 9.64 Å². The number of ether oxygens (including phenoxy) is 1. The number of likely N-dealkylation sites (tertiary alicyclic amines) is 1. The average Bonchev–Trinajstić information content (AvgIpc) is 2.26. The Morgan fingerprint density at radius 3 is 2.58 bits per heavy atom. The first-order valence-electron chi connectivity index (χ1n) is 4.52. The van der Waals surface area contributed by atoms with E-state index in [1.54, 1.807) is 0 Å². The molecule has 0 aromatic heterocycles. The number of hydrogen-bond donors (Lipinski definition) is 0. The van der Waals surface area contributed by atoms with Crippen LogP contribution in [0.1, 0.15) is 20.3 Å². The molecule has 0 aromatic carbocycles. The molecule has 0 N–H and O–H groups in total. The Kier molecular flexibility index (Phi) is 5.42. The quantitative estimate of drug-likeness (QED) is 0.648. The van der Waals surface area contributed by atoms with Crippen molar-refractivity contribution in [1.82, 2.24) is 4.90 Å². The molecule has 2 nitrogen and oxygen atoms in total. The van der Waals surface area contributed by atoms with Crippen molar-refractivity contribution in [3.05, 3.63) is 0 Å². The molecule has 3 heteroatoms. The van der Waals surface area contributed by atoms with E-state index in [0.717, 1.165) is 19.1 Å². The van der Waals surface area contributed by atoms with Gasteiger partial charge in [-0.25, -0.2) is 0 Å². The van der Waals surface area contributed by atoms with E-state index in [9.17, 15) is 0 Å². The summed E-state index contributed by atoms with van der Waals surface area (Å²) < 4.78 is 5.39. The smallest absolute Gasteiger partial charge is 0.0621 e. The highest BCUT2D eigenvalue weighted by Crippen LogP contribution is 2.20. The van der Waals surface area contributed by atoms with E-state index < -0.39 is 0 Å². The molecule has 1 aliphatic heterocycles. The van der Waals surface area contributed by atoms with Crippen LogP contribution in [0.3, 0.4) is 0 Å². The summed E-state index contributed by atoms with van der Waals surface area (Å²) in [5.74, 6) is 0.852. The first-order chi connectivity index (χ1) is 5.24. The summed E-state index contributed by atoms with van der Waals surface area (Å²) in [6.45, 7) is 7.36. The van der Waals surface area contributed by atoms with Gasteiger partial charge in [-0.05, 0) is 26.3 Å². The Balaban J connectivity index is 0.00000121. The van der Waals surface area contributed by atoms with Crippen LogP contribution in [0.25, 0.3) is 0 Å². The van der Waals surface area contributed by atoms with Gasteiger partial charge in [0.25, 0.3) is 0 Å². The Morgan fingerprint density at radius 1 is 1.50 bits per heavy atom. The number of rotatable bonds is 3. The molecular weight excluding hydrogens is 157 g/mol. The topological polar surface area (TPSA) is 12.5 Å². The van der Waals surface area contributed by atoms with E-state index in [0.29, 0.717) is 6.04 Å². The molecule has 1 rings (SSSR count). The van der Waals surface area contributed by atoms with E-state index in [1.165, 1.54) is 13.0 Å². The van der Waals surface area contributed by atoms with Gasteiger partial charge in [0, 0.05) is 19.2 Å². The van der Waals surface area contributed by atoms with Crippen LogP contribution in [0.15, 0.2) is 0 Å². The lowest BCUT2D eigenvalue weighted by Crippen LogP contribution is -2.29. The molecule has 0 radical (unpaired) electrons. The first kappa shape index (κ1) is 11.8. The Hall–Kier alpha value is -0.150. The summed E-state index contributed by atoms with van der Waals surface area (Å²) in [6, 6.07) is 0.671. The van der Waals surface area contributed by atoms with Gasteiger partial charge in [-0.15, -0.1) is 0 Å². The molecule has 1 fully saturated rings. The summed E-state index contributed by atoms with van der Waals surface area (Å²) in [7, 11) is 2.19. The second kappa shape index (κ2) is 5.49. The summed E-state index contributed by atoms with van der Waals surface area (Å²) in [5.41, 5.74) is 0. The van der Waals surface area contributed by atoms with Gasteiger partial charge in [0.15, 0.2) is 0 Å². The van der Waals surface area contributed by atoms with Crippen LogP contribution in [0.5, 0.6) is 0 Å². The maximum atomic E-state index is 5.39. The fourth-order valence-corrected chi connectivity index (χ4v) is 1.81. The molecule has 74 valence electrons. The number of nitrogens with zero attached hydrogens (tertiary/aromatic N) is 1. The van der Waals surface area contributed by atoms with Gasteiger partial charge in [-0.3, -0.25) is 4.70 Å². The van der Waals surface area contributed by atoms with Gasteiger partial charge >= 0.3 is 0 Å². The molecule has 2 atom stereocenters. The molecule has 0 amide bonds. The third-order valence-electron chi connectivity index (χ3n) is 2.41. The third kappa shape index (κ3) is 3.07. The SMILES string of the molecule is CCOC[C@@H]1C[C@H](C)CN1C.F. The van der Waals surface area contributed by atoms with Crippen LogP contribution in [0.2, 0.25) is 0 Å². The zero-order chi connectivity index (χ0) is 8.27. The largest absolute Gasteiger partial charge is 0.380 e. The second-order valence-corrected chi connectivity index (χ2v) is 3.59. The number of hydrogen-bond acceptors (Lipinski definition) is 2. The first-order valence-corrected chi connectivity index (χ1v) is 4.52. The molecular formula is C9H20FNO. The van der Waals surface area contributed by atoms with E-state index >= 15 is 0 Å². The zero-order valence-electron chi connectivity index (χ0n) is 8.25. The lowest BCUT2D eigenvalue weighted by atomic mass is 10.1. The Bertz CT molecular complexity index is 121. The summed E-state index contributed by atoms with van der Waals surface area (Å²) in [4.78, 5) is 2.40. The fraction of sp³-hybridized carbons (Fsp3) is 1.00. The molecule has 0 spiro atoms. The van der Waals surface area contributed by atoms with Crippen LogP contribution in [-0.2, 0) is 4.74 Å². The predicted molar refractivity (Wildman–Crippen MR) is 49.2 cm³/mol. The molecule has 0 unspecified atom stereocenters. The highest BCUT2D eigenvalue weighted by atomic mass is 19.0. The van der Waals surface area contributed by atoms with Crippen LogP contribution < -0.4 is 0 Å². The highest BCUT2D eigenvalue weighted by Gasteiger charge is 2.25. The van der Waals surface area contributed by atoms with Gasteiger partial charge in [0.05, 0.1) is 6.61 Å². The molecule has 0 bridgehead atoms. The van der Waals surface area contributed by atoms with E-state index in [1.807, 2.05) is 0 Å². The van der Waals surface area contributed by atoms with Crippen molar-refractivity contribution in [1.29, 1.82) is 0 Å². The predicted octanol–water partition coefficient (Wildman–Crippen LogP) is 1.52. The molecule has 1 saturated heterocycles. The van der Waals surface area contributed by atoms with Gasteiger partial charge in [0.2, 0.25) is 0 Å². The van der Waals surface area contributed by atoms with Crippen molar-refractivity contribution in [2.24, 2.45) is 5.92 Å². The van der Waals surface area contributed by atoms with Crippen molar-refractivity contribution in [2.75, 3.05) is 26.8 Å². The Labute approximate surface area is 74.3 Å². The number of halogens is 1. The monoisotopic (exact) mass is 177 g/mol. The van der Waals surface area contributed by atoms with Crippen LogP contribution in [0.4, 0.5) is 4.70 Å². The van der Waals surface area contributed by atoms with Crippen LogP contribution in [0, 0.1) is 5.92 Å². The minimum atomic E-state index is 0. The summed E-state index contributed by atoms with van der Waals surface area (Å²) in [6.07, 6.45) is 1.30. The van der Waals surface area contributed by atoms with Gasteiger partial charge in [0.1, 0.15) is 0 Å². The lowest BCUT2D eigenvalue weighted by molar-refractivity contribution is 0.0950. The zero-order valence-corrected chi connectivity index (χ0v) is 8.25. The van der Waals surface area contributed by atoms with E-state index in [2.05, 4.69) is 25.8 Å². The van der Waals surface area contributed by atoms with Gasteiger partial charge in [-0.1, -0.05) is 6.92 Å². The second-order valence-electron chi connectivity index (χ2n) is 3.59. The number of likely N-dealkylation sites (N-methyl/N-ethyl adjacent to an activating group) is 1. The fourth-order valence-electron chi connectivity index (χ4n) is 1.81. The Morgan fingerprint density at radius 2 is 2.17 bits per heavy atom. The van der Waals surface area contributed by atoms with Crippen molar-refractivity contribution >= 4 is 0 Å². The molecule has 1 aliphatic rings. The van der Waals surface area contributed by atoms with Crippen LogP contribution >= 0.6 is 0 Å². The highest BCUT2D eigenvalue weighted by molar-refractivity contribution is 4.80. The minimum absolute atomic E-state index is 0. The van der Waals surface area contributed by atoms with Crippen molar-refractivity contribution < 1.29 is 9.44 Å². The molecule has 12 heavy (non-hydrogen) atoms. The lowest BCUT2D eigenvalue weighted by Gasteiger charge is -2.18. The molecule has 1 heterocycles. The summed E-state index contributed by atoms with van der Waals surface area (Å²) in [5, 5.41) is 0. The average molecular weight is 177 g/mol. The van der Waals surface area contributed by atoms with Crippen molar-refractivity contribution in [2.45, 2.75) is 26.3 Å². The van der Waals surface area contributed by atoms with E-state index in [4.69, 9.17) is 4.74 Å². The van der Waals surface area contributed by atoms with E-state index in [-0.39, 0.29) is 4.70 Å². The standard InChI is InChI=1S/C9H19NO.FH/c1-4-11-7-9-5-8(2)6-10(9)3;/h8-9H,4-7H2,1-3H3;1H/t8-,9-;/m0./s1. The molecule has 0 aliphatic carbocycles. The molecule has 0 saturated carbocycles. The van der Waals surface area contributed by atoms with Crippen LogP contribution in [-0.4, -0.2) is 37.7 Å². The summed E-state index contributed by atoms with van der Waals surface area (Å²) >= 11 is 0. The molecule has 0 aromatic rings. The van der Waals surface area contributed by atoms with Gasteiger partial charge in [-0.2, -0.15) is 0 Å². The maximum Gasteiger partial charge on any atom is 0.0621 e. The third-order valence-corrected chi connectivity index (χ3v) is 2.41. The van der Waals surface area contributed by atoms with Crippen molar-refractivity contribution in [3.8, 4) is 0 Å². The normalized spacial score (nSPS) is 30.2. The minimum Gasteiger partial charge on any atom is -0.380 e. The maximum absolute atomic E-state index is 5.39.